The molecule has 1 atom stereocenters. The van der Waals surface area contributed by atoms with E-state index < -0.39 is 5.25 Å². The molecule has 1 fully saturated rings. The zero-order chi connectivity index (χ0) is 24.8. The number of methoxy groups -OCH3 is 3. The van der Waals surface area contributed by atoms with Gasteiger partial charge in [-0.1, -0.05) is 30.0 Å². The van der Waals surface area contributed by atoms with Gasteiger partial charge < -0.3 is 24.8 Å². The smallest absolute Gasteiger partial charge is 0.240 e. The van der Waals surface area contributed by atoms with Gasteiger partial charge in [0.15, 0.2) is 16.7 Å². The average Bonchev–Trinajstić information content (AvgIpc) is 3.17. The predicted molar refractivity (Wildman–Crippen MR) is 134 cm³/mol. The van der Waals surface area contributed by atoms with Gasteiger partial charge in [0.05, 0.1) is 27.0 Å². The Bertz CT molecular complexity index is 1120. The monoisotopic (exact) mass is 484 g/mol. The highest BCUT2D eigenvalue weighted by molar-refractivity contribution is 8.15. The van der Waals surface area contributed by atoms with Crippen molar-refractivity contribution in [1.29, 1.82) is 0 Å². The number of aryl methyl sites for hydroxylation is 2. The molecule has 0 unspecified atom stereocenters. The van der Waals surface area contributed by atoms with Crippen molar-refractivity contribution in [1.82, 2.24) is 5.32 Å². The Labute approximate surface area is 203 Å². The van der Waals surface area contributed by atoms with Crippen LogP contribution in [0, 0.1) is 13.8 Å². The molecule has 1 heterocycles. The summed E-state index contributed by atoms with van der Waals surface area (Å²) in [5.74, 6) is 0.966. The number of nitrogens with one attached hydrogen (secondary N) is 2. The van der Waals surface area contributed by atoms with E-state index in [0.717, 1.165) is 22.4 Å². The molecule has 1 aliphatic rings. The van der Waals surface area contributed by atoms with Gasteiger partial charge >= 0.3 is 0 Å². The van der Waals surface area contributed by atoms with Gasteiger partial charge in [-0.3, -0.25) is 9.59 Å². The van der Waals surface area contributed by atoms with E-state index in [1.807, 2.05) is 32.0 Å². The van der Waals surface area contributed by atoms with E-state index in [-0.39, 0.29) is 18.2 Å². The third-order valence-corrected chi connectivity index (χ3v) is 6.34. The molecule has 2 amide bonds. The Morgan fingerprint density at radius 1 is 1.09 bits per heavy atom. The molecule has 34 heavy (non-hydrogen) atoms. The van der Waals surface area contributed by atoms with E-state index in [2.05, 4.69) is 20.8 Å². The molecule has 180 valence electrons. The zero-order valence-electron chi connectivity index (χ0n) is 20.0. The summed E-state index contributed by atoms with van der Waals surface area (Å²) in [7, 11) is 4.61. The van der Waals surface area contributed by atoms with Crippen molar-refractivity contribution in [2.45, 2.75) is 32.4 Å². The number of nitrogens with zero attached hydrogens (tertiary/aromatic N) is 2. The van der Waals surface area contributed by atoms with Crippen LogP contribution in [0.25, 0.3) is 0 Å². The summed E-state index contributed by atoms with van der Waals surface area (Å²) in [6.45, 7) is 5.64. The van der Waals surface area contributed by atoms with Crippen LogP contribution >= 0.6 is 11.8 Å². The van der Waals surface area contributed by atoms with Crippen LogP contribution in [-0.2, 0) is 9.59 Å². The molecule has 10 heteroatoms. The van der Waals surface area contributed by atoms with Gasteiger partial charge in [0.25, 0.3) is 0 Å². The molecule has 0 bridgehead atoms. The number of amidine groups is 1. The molecular formula is C24H28N4O5S. The van der Waals surface area contributed by atoms with Crippen LogP contribution in [0.2, 0.25) is 0 Å². The van der Waals surface area contributed by atoms with Crippen molar-refractivity contribution in [3.8, 4) is 17.2 Å². The first kappa shape index (κ1) is 25.1. The Hall–Kier alpha value is -3.53. The van der Waals surface area contributed by atoms with Crippen molar-refractivity contribution in [3.05, 3.63) is 47.0 Å². The van der Waals surface area contributed by atoms with Crippen LogP contribution in [0.1, 0.15) is 30.0 Å². The zero-order valence-corrected chi connectivity index (χ0v) is 20.8. The van der Waals surface area contributed by atoms with E-state index >= 15 is 0 Å². The van der Waals surface area contributed by atoms with Crippen molar-refractivity contribution < 1.29 is 23.8 Å². The molecule has 2 aromatic carbocycles. The van der Waals surface area contributed by atoms with Gasteiger partial charge in [0.2, 0.25) is 17.6 Å². The molecule has 0 radical (unpaired) electrons. The summed E-state index contributed by atoms with van der Waals surface area (Å²) >= 11 is 1.18. The summed E-state index contributed by atoms with van der Waals surface area (Å²) in [6.07, 6.45) is 0.0267. The molecule has 2 N–H and O–H groups in total. The van der Waals surface area contributed by atoms with Crippen molar-refractivity contribution in [3.63, 3.8) is 0 Å². The number of anilines is 1. The minimum atomic E-state index is -0.584. The summed E-state index contributed by atoms with van der Waals surface area (Å²) in [6, 6.07) is 9.32. The van der Waals surface area contributed by atoms with E-state index in [0.29, 0.717) is 28.1 Å². The predicted octanol–water partition coefficient (Wildman–Crippen LogP) is 3.67. The van der Waals surface area contributed by atoms with E-state index in [4.69, 9.17) is 14.2 Å². The minimum Gasteiger partial charge on any atom is -0.493 e. The summed E-state index contributed by atoms with van der Waals surface area (Å²) in [4.78, 5) is 24.9. The van der Waals surface area contributed by atoms with E-state index in [9.17, 15) is 9.59 Å². The highest BCUT2D eigenvalue weighted by atomic mass is 32.2. The number of rotatable bonds is 8. The molecule has 0 spiro atoms. The van der Waals surface area contributed by atoms with Gasteiger partial charge in [0, 0.05) is 17.7 Å². The quantitative estimate of drug-likeness (QED) is 0.437. The first-order valence-electron chi connectivity index (χ1n) is 10.5. The fourth-order valence-corrected chi connectivity index (χ4v) is 4.34. The summed E-state index contributed by atoms with van der Waals surface area (Å²) in [5.41, 5.74) is 4.01. The number of carbonyl (C=O) groups is 2. The molecule has 2 aromatic rings. The van der Waals surface area contributed by atoms with Gasteiger partial charge in [-0.25, -0.2) is 0 Å². The van der Waals surface area contributed by atoms with Gasteiger partial charge in [-0.05, 0) is 44.0 Å². The van der Waals surface area contributed by atoms with Crippen LogP contribution in [0.15, 0.2) is 40.5 Å². The molecule has 9 nitrogen and oxygen atoms in total. The number of hydrogen-bond acceptors (Lipinski definition) is 8. The molecule has 1 saturated heterocycles. The SMILES string of the molecule is COc1cc(/C(C)=N\N=C2\NC(=O)[C@H](CC(=O)Nc3c(C)cccc3C)S2)cc(OC)c1OC. The Morgan fingerprint density at radius 3 is 2.26 bits per heavy atom. The number of carbonyl (C=O) groups excluding carboxylic acids is 2. The number of thioether (sulfide) groups is 1. The fraction of sp³-hybridized carbons (Fsp3) is 0.333. The topological polar surface area (TPSA) is 111 Å². The van der Waals surface area contributed by atoms with Crippen LogP contribution < -0.4 is 24.8 Å². The minimum absolute atomic E-state index is 0.0267. The standard InChI is InChI=1S/C24H28N4O5S/c1-13-8-7-9-14(2)21(13)25-20(29)12-19-23(30)26-24(34-19)28-27-15(3)16-10-17(31-4)22(33-6)18(11-16)32-5/h7-11,19H,12H2,1-6H3,(H,25,29)(H,26,28,30)/b27-15-/t19-/m0/s1. The average molecular weight is 485 g/mol. The number of hydrogen-bond donors (Lipinski definition) is 2. The maximum atomic E-state index is 12.5. The van der Waals surface area contributed by atoms with Crippen LogP contribution in [0.5, 0.6) is 17.2 Å². The Kier molecular flexibility index (Phi) is 8.17. The van der Waals surface area contributed by atoms with Crippen molar-refractivity contribution in [2.24, 2.45) is 10.2 Å². The highest BCUT2D eigenvalue weighted by Gasteiger charge is 2.32. The molecule has 0 saturated carbocycles. The number of benzene rings is 2. The molecule has 0 aliphatic carbocycles. The van der Waals surface area contributed by atoms with Crippen LogP contribution in [-0.4, -0.2) is 49.3 Å². The maximum Gasteiger partial charge on any atom is 0.240 e. The van der Waals surface area contributed by atoms with Gasteiger partial charge in [-0.15, -0.1) is 5.10 Å². The van der Waals surface area contributed by atoms with Crippen molar-refractivity contribution >= 4 is 40.1 Å². The Balaban J connectivity index is 1.70. The second-order valence-electron chi connectivity index (χ2n) is 7.62. The summed E-state index contributed by atoms with van der Waals surface area (Å²) in [5, 5.41) is 13.7. The fourth-order valence-electron chi connectivity index (χ4n) is 3.43. The number of ether oxygens (including phenoxy) is 3. The lowest BCUT2D eigenvalue weighted by molar-refractivity contribution is -0.122. The lowest BCUT2D eigenvalue weighted by Gasteiger charge is -2.13. The van der Waals surface area contributed by atoms with Gasteiger partial charge in [0.1, 0.15) is 5.25 Å². The third-order valence-electron chi connectivity index (χ3n) is 5.27. The van der Waals surface area contributed by atoms with E-state index in [1.165, 1.54) is 33.1 Å². The van der Waals surface area contributed by atoms with Crippen LogP contribution in [0.4, 0.5) is 5.69 Å². The first-order valence-corrected chi connectivity index (χ1v) is 11.4. The summed E-state index contributed by atoms with van der Waals surface area (Å²) < 4.78 is 16.1. The maximum absolute atomic E-state index is 12.5. The highest BCUT2D eigenvalue weighted by Crippen LogP contribution is 2.38. The normalized spacial score (nSPS) is 16.9. The van der Waals surface area contributed by atoms with Gasteiger partial charge in [-0.2, -0.15) is 5.10 Å². The largest absolute Gasteiger partial charge is 0.493 e. The first-order chi connectivity index (χ1) is 16.3. The second kappa shape index (κ2) is 11.1. The molecule has 0 aromatic heterocycles. The molecular weight excluding hydrogens is 456 g/mol. The van der Waals surface area contributed by atoms with Crippen molar-refractivity contribution in [2.75, 3.05) is 26.6 Å². The molecule has 1 aliphatic heterocycles. The molecule has 3 rings (SSSR count). The number of amides is 2. The second-order valence-corrected chi connectivity index (χ2v) is 8.81. The van der Waals surface area contributed by atoms with E-state index in [1.54, 1.807) is 19.1 Å². The van der Waals surface area contributed by atoms with Crippen LogP contribution in [0.3, 0.4) is 0 Å². The lowest BCUT2D eigenvalue weighted by Crippen LogP contribution is -2.28. The third kappa shape index (κ3) is 5.69. The lowest BCUT2D eigenvalue weighted by atomic mass is 10.1. The number of para-hydroxylation sites is 1. The Morgan fingerprint density at radius 2 is 1.71 bits per heavy atom.